The van der Waals surface area contributed by atoms with Gasteiger partial charge in [0.2, 0.25) is 6.29 Å². The molecule has 0 amide bonds. The average molecular weight is 1330 g/mol. The zero-order valence-corrected chi connectivity index (χ0v) is 61.7. The van der Waals surface area contributed by atoms with Crippen LogP contribution in [0.2, 0.25) is 18.1 Å². The lowest BCUT2D eigenvalue weighted by Gasteiger charge is -2.69. The minimum Gasteiger partial charge on any atom is -0.432 e. The maximum absolute atomic E-state index is 15.8. The largest absolute Gasteiger partial charge is 0.432 e. The monoisotopic (exact) mass is 1330 g/mol. The minimum atomic E-state index is -1.99. The Kier molecular flexibility index (Phi) is 26.8. The fraction of sp³-hybridized carbons (Fsp3) is 0.792. The van der Waals surface area contributed by atoms with E-state index in [0.29, 0.717) is 63.4 Å². The molecule has 4 aliphatic carbocycles. The second kappa shape index (κ2) is 33.1. The highest BCUT2D eigenvalue weighted by Crippen LogP contribution is 2.73. The molecule has 8 rings (SSSR count). The van der Waals surface area contributed by atoms with Crippen LogP contribution in [0.15, 0.2) is 77.4 Å². The lowest BCUT2D eigenvalue weighted by molar-refractivity contribution is -0.314. The van der Waals surface area contributed by atoms with E-state index in [4.69, 9.17) is 47.1 Å². The summed E-state index contributed by atoms with van der Waals surface area (Å²) in [5.74, 6) is -0.135. The highest BCUT2D eigenvalue weighted by Gasteiger charge is 2.67. The smallest absolute Gasteiger partial charge is 0.314 e. The fourth-order valence-corrected chi connectivity index (χ4v) is 21.7. The van der Waals surface area contributed by atoms with Gasteiger partial charge in [0, 0.05) is 30.5 Å². The van der Waals surface area contributed by atoms with Crippen molar-refractivity contribution in [3.05, 3.63) is 93.9 Å². The van der Waals surface area contributed by atoms with Gasteiger partial charge in [0.05, 0.1) is 67.7 Å². The lowest BCUT2D eigenvalue weighted by Crippen LogP contribution is -2.64. The molecule has 5 fully saturated rings. The summed E-state index contributed by atoms with van der Waals surface area (Å²) < 4.78 is 67.2. The number of aliphatic hydroxyl groups excluding tert-OH is 1. The number of benzene rings is 2. The Morgan fingerprint density at radius 1 is 0.787 bits per heavy atom. The Hall–Kier alpha value is -3.55. The summed E-state index contributed by atoms with van der Waals surface area (Å²) in [5.41, 5.74) is 11.7. The predicted molar refractivity (Wildman–Crippen MR) is 370 cm³/mol. The second-order valence-corrected chi connectivity index (χ2v) is 36.0. The van der Waals surface area contributed by atoms with Gasteiger partial charge in [-0.3, -0.25) is 4.79 Å². The maximum Gasteiger partial charge on any atom is 0.314 e. The van der Waals surface area contributed by atoms with E-state index in [1.165, 1.54) is 19.0 Å². The molecule has 2 aromatic rings. The van der Waals surface area contributed by atoms with Crippen molar-refractivity contribution in [1.82, 2.24) is 0 Å². The molecule has 22 atom stereocenters. The number of allylic oxidation sites excluding steroid dienone is 2. The van der Waals surface area contributed by atoms with Crippen molar-refractivity contribution in [3.63, 3.8) is 0 Å². The Morgan fingerprint density at radius 2 is 1.45 bits per heavy atom. The van der Waals surface area contributed by atoms with Gasteiger partial charge in [-0.1, -0.05) is 174 Å². The van der Waals surface area contributed by atoms with Crippen molar-refractivity contribution in [2.75, 3.05) is 26.9 Å². The lowest BCUT2D eigenvalue weighted by atomic mass is 9.36. The van der Waals surface area contributed by atoms with E-state index in [1.54, 1.807) is 0 Å². The van der Waals surface area contributed by atoms with Crippen molar-refractivity contribution in [2.45, 2.75) is 287 Å². The summed E-state index contributed by atoms with van der Waals surface area (Å²) in [6, 6.07) is 22.6. The van der Waals surface area contributed by atoms with E-state index < -0.39 is 80.5 Å². The van der Waals surface area contributed by atoms with Gasteiger partial charge in [0.1, 0.15) is 24.6 Å². The number of hydrogen-bond donors (Lipinski definition) is 1. The molecular weight excluding hydrogens is 1200 g/mol. The maximum atomic E-state index is 15.8. The van der Waals surface area contributed by atoms with E-state index >= 15 is 4.79 Å². The van der Waals surface area contributed by atoms with E-state index in [0.717, 1.165) is 87.0 Å². The first kappa shape index (κ1) is 76.2. The van der Waals surface area contributed by atoms with E-state index in [9.17, 15) is 15.4 Å². The molecule has 528 valence electrons. The van der Waals surface area contributed by atoms with E-state index in [1.807, 2.05) is 81.4 Å². The van der Waals surface area contributed by atoms with Crippen molar-refractivity contribution in [3.8, 4) is 0 Å². The SMILES string of the molecule is CCOC(C(OC)[C@@H](O)OC1C(C)C(N=[N+]=[N-])[C@@H](CC)O[C@H]1OC(=O)C1(C)CCC(C(C)C)CCC2=CCC3C4(C)CC[C@H](O[Si](CC)(CC)CC)[C@](C)(C=O)C4CC[C@@]3(C)[C@]2(C)CC1)[C@@H](CO[C@@H]1OC[C@@H](OCc2ccccc2)C(C)C1OCc1ccccc1)C(C)C. The number of aldehydes is 1. The Bertz CT molecular complexity index is 2780. The van der Waals surface area contributed by atoms with Crippen LogP contribution in [0.1, 0.15) is 199 Å². The number of ether oxygens (including phenoxy) is 9. The van der Waals surface area contributed by atoms with Crippen LogP contribution in [0.5, 0.6) is 0 Å². The molecule has 0 spiro atoms. The standard InChI is InChI=1S/C77H123N3O13Si/c1-18-59-64(79-80-78)53(11)66(91-69(82)68(84-17)67(85-19-2)58(51(8)9)47-88-70-65(87-46-55-31-27-24-28-32-55)52(10)60(48-89-70)86-45-54-29-25-23-26-30-54)71(90-59)92-72(83)73(12)40-37-56(50(6)7)33-34-57-35-36-62-74(13)41-39-63(93-94(20-3,21-4)22-5)75(14,49-81)61(74)38-42-77(62,16)76(57,15)44-43-73/h23-32,35,49-53,56,58-71,82H,18-22,33-34,36-48H2,1-17H3/t52?,53?,56?,58-,59+,60+,61?,62?,63-,64?,65?,66?,67?,68?,69-,70+,71-,73?,74?,75+,76+,77+/m0/s1. The van der Waals surface area contributed by atoms with Gasteiger partial charge < -0.3 is 57.0 Å². The zero-order chi connectivity index (χ0) is 68.4. The third kappa shape index (κ3) is 16.0. The number of nitrogens with zero attached hydrogens (tertiary/aromatic N) is 3. The van der Waals surface area contributed by atoms with Gasteiger partial charge in [-0.15, -0.1) is 0 Å². The van der Waals surface area contributed by atoms with E-state index in [-0.39, 0.29) is 64.7 Å². The molecule has 2 heterocycles. The van der Waals surface area contributed by atoms with Gasteiger partial charge >= 0.3 is 5.97 Å². The van der Waals surface area contributed by atoms with Crippen LogP contribution >= 0.6 is 0 Å². The first-order valence-corrected chi connectivity index (χ1v) is 39.1. The summed E-state index contributed by atoms with van der Waals surface area (Å²) in [4.78, 5) is 32.9. The topological polar surface area (TPSA) is 195 Å². The molecule has 0 aromatic heterocycles. The van der Waals surface area contributed by atoms with Crippen LogP contribution in [0.4, 0.5) is 0 Å². The fourth-order valence-electron chi connectivity index (χ4n) is 18.7. The normalized spacial score (nSPS) is 36.9. The Balaban J connectivity index is 1.04. The molecule has 12 unspecified atom stereocenters. The molecule has 3 saturated carbocycles. The number of fused-ring (bicyclic) bond motifs is 5. The number of carbonyl (C=O) groups excluding carboxylic acids is 2. The van der Waals surface area contributed by atoms with Crippen LogP contribution in [0, 0.1) is 74.4 Å². The molecule has 2 saturated heterocycles. The second-order valence-electron chi connectivity index (χ2n) is 31.3. The number of esters is 1. The van der Waals surface area contributed by atoms with E-state index in [2.05, 4.69) is 106 Å². The highest BCUT2D eigenvalue weighted by atomic mass is 28.4. The molecule has 94 heavy (non-hydrogen) atoms. The van der Waals surface area contributed by atoms with Crippen LogP contribution < -0.4 is 0 Å². The van der Waals surface area contributed by atoms with Crippen LogP contribution in [0.3, 0.4) is 0 Å². The predicted octanol–water partition coefficient (Wildman–Crippen LogP) is 17.0. The number of aliphatic hydroxyl groups is 1. The number of carbonyl (C=O) groups is 2. The number of rotatable bonds is 29. The van der Waals surface area contributed by atoms with Crippen LogP contribution in [-0.2, 0) is 69.9 Å². The molecule has 17 heteroatoms. The molecular formula is C77H123N3O13Si. The quantitative estimate of drug-likeness (QED) is 0.0118. The number of methoxy groups -OCH3 is 1. The van der Waals surface area contributed by atoms with Crippen molar-refractivity contribution >= 4 is 20.6 Å². The zero-order valence-electron chi connectivity index (χ0n) is 60.7. The number of hydrogen-bond acceptors (Lipinski definition) is 14. The molecule has 0 radical (unpaired) electrons. The molecule has 2 aromatic carbocycles. The average Bonchev–Trinajstić information content (AvgIpc) is 0.688. The third-order valence-electron chi connectivity index (χ3n) is 25.8. The first-order valence-electron chi connectivity index (χ1n) is 36.6. The highest BCUT2D eigenvalue weighted by molar-refractivity contribution is 6.73. The Labute approximate surface area is 566 Å². The summed E-state index contributed by atoms with van der Waals surface area (Å²) >= 11 is 0. The molecule has 6 aliphatic rings. The summed E-state index contributed by atoms with van der Waals surface area (Å²) in [7, 11) is -0.469. The molecule has 16 nitrogen and oxygen atoms in total. The van der Waals surface area contributed by atoms with Crippen molar-refractivity contribution in [1.29, 1.82) is 0 Å². The van der Waals surface area contributed by atoms with Gasteiger partial charge in [-0.05, 0) is 177 Å². The van der Waals surface area contributed by atoms with Gasteiger partial charge in [0.25, 0.3) is 0 Å². The molecule has 1 N–H and O–H groups in total. The Morgan fingerprint density at radius 3 is 2.03 bits per heavy atom. The van der Waals surface area contributed by atoms with Gasteiger partial charge in [0.15, 0.2) is 20.9 Å². The van der Waals surface area contributed by atoms with Gasteiger partial charge in [-0.2, -0.15) is 0 Å². The van der Waals surface area contributed by atoms with Gasteiger partial charge in [-0.25, -0.2) is 0 Å². The van der Waals surface area contributed by atoms with Crippen LogP contribution in [0.25, 0.3) is 10.4 Å². The number of azide groups is 1. The summed E-state index contributed by atoms with van der Waals surface area (Å²) in [5, 5.41) is 16.9. The van der Waals surface area contributed by atoms with Crippen LogP contribution in [-0.4, -0.2) is 120 Å². The molecule has 0 bridgehead atoms. The summed E-state index contributed by atoms with van der Waals surface area (Å²) in [6.45, 7) is 37.0. The minimum absolute atomic E-state index is 0.0481. The third-order valence-corrected chi connectivity index (χ3v) is 30.4. The summed E-state index contributed by atoms with van der Waals surface area (Å²) in [6.07, 6.45) is 6.21. The first-order chi connectivity index (χ1) is 44.8. The van der Waals surface area contributed by atoms with Crippen molar-refractivity contribution in [2.24, 2.45) is 79.5 Å². The van der Waals surface area contributed by atoms with Crippen molar-refractivity contribution < 1.29 is 61.8 Å². The molecule has 2 aliphatic heterocycles.